The lowest BCUT2D eigenvalue weighted by molar-refractivity contribution is -0.149. The maximum absolute atomic E-state index is 11.7. The minimum absolute atomic E-state index is 0. The van der Waals surface area contributed by atoms with Crippen LogP contribution in [0.3, 0.4) is 0 Å². The summed E-state index contributed by atoms with van der Waals surface area (Å²) >= 11 is 0. The largest absolute Gasteiger partial charge is 0.466 e. The van der Waals surface area contributed by atoms with Crippen LogP contribution in [0.15, 0.2) is 12.2 Å². The molecule has 0 fully saturated rings. The van der Waals surface area contributed by atoms with Gasteiger partial charge in [-0.1, -0.05) is 19.1 Å². The van der Waals surface area contributed by atoms with Crippen molar-refractivity contribution >= 4 is 11.9 Å². The second-order valence-electron chi connectivity index (χ2n) is 3.83. The number of carbonyl (C=O) groups excluding carboxylic acids is 2. The van der Waals surface area contributed by atoms with E-state index in [1.807, 2.05) is 12.2 Å². The van der Waals surface area contributed by atoms with Gasteiger partial charge in [0.2, 0.25) is 5.91 Å². The van der Waals surface area contributed by atoms with Gasteiger partial charge in [-0.15, -0.1) is 0 Å². The van der Waals surface area contributed by atoms with Crippen LogP contribution in [-0.2, 0) is 14.3 Å². The smallest absolute Gasteiger partial charge is 0.311 e. The molecule has 1 rings (SSSR count). The highest BCUT2D eigenvalue weighted by molar-refractivity contribution is 5.78. The van der Waals surface area contributed by atoms with E-state index in [9.17, 15) is 9.59 Å². The van der Waals surface area contributed by atoms with Gasteiger partial charge in [0.25, 0.3) is 0 Å². The van der Waals surface area contributed by atoms with Crippen LogP contribution in [0, 0.1) is 5.92 Å². The molecule has 0 aromatic carbocycles. The summed E-state index contributed by atoms with van der Waals surface area (Å²) in [4.78, 5) is 23.0. The van der Waals surface area contributed by atoms with Crippen LogP contribution in [0.1, 0.15) is 34.5 Å². The zero-order chi connectivity index (χ0) is 12.0. The number of hydrogen-bond donors (Lipinski definition) is 1. The lowest BCUT2D eigenvalue weighted by Crippen LogP contribution is -2.44. The number of allylic oxidation sites excluding steroid dienone is 1. The molecule has 4 heteroatoms. The van der Waals surface area contributed by atoms with Crippen molar-refractivity contribution in [3.8, 4) is 0 Å². The molecule has 92 valence electrons. The predicted molar refractivity (Wildman–Crippen MR) is 62.8 cm³/mol. The molecule has 0 bridgehead atoms. The van der Waals surface area contributed by atoms with E-state index in [1.165, 1.54) is 0 Å². The van der Waals surface area contributed by atoms with E-state index in [2.05, 4.69) is 5.32 Å². The molecule has 2 atom stereocenters. The Morgan fingerprint density at radius 1 is 1.38 bits per heavy atom. The first-order valence-corrected chi connectivity index (χ1v) is 5.80. The number of carbonyl (C=O) groups is 2. The zero-order valence-corrected chi connectivity index (χ0v) is 9.86. The molecule has 0 saturated heterocycles. The Balaban J connectivity index is 0.00000256. The molecule has 0 spiro atoms. The Bertz CT molecular complexity index is 291. The minimum Gasteiger partial charge on any atom is -0.466 e. The molecule has 0 heterocycles. The van der Waals surface area contributed by atoms with Crippen LogP contribution in [0.2, 0.25) is 0 Å². The third-order valence-electron chi connectivity index (χ3n) is 2.69. The van der Waals surface area contributed by atoms with Gasteiger partial charge < -0.3 is 10.1 Å². The van der Waals surface area contributed by atoms with Gasteiger partial charge in [-0.2, -0.15) is 0 Å². The summed E-state index contributed by atoms with van der Waals surface area (Å²) < 4.78 is 5.00. The number of nitrogens with one attached hydrogen (secondary N) is 1. The van der Waals surface area contributed by atoms with Crippen LogP contribution in [0.5, 0.6) is 0 Å². The van der Waals surface area contributed by atoms with E-state index >= 15 is 0 Å². The van der Waals surface area contributed by atoms with Crippen molar-refractivity contribution in [2.45, 2.75) is 39.2 Å². The summed E-state index contributed by atoms with van der Waals surface area (Å²) in [5.41, 5.74) is 0. The summed E-state index contributed by atoms with van der Waals surface area (Å²) in [6, 6.07) is -0.114. The molecule has 0 aliphatic heterocycles. The Morgan fingerprint density at radius 3 is 2.69 bits per heavy atom. The first-order valence-electron chi connectivity index (χ1n) is 5.80. The van der Waals surface area contributed by atoms with E-state index in [-0.39, 0.29) is 25.3 Å². The van der Waals surface area contributed by atoms with Crippen molar-refractivity contribution in [2.24, 2.45) is 5.92 Å². The average Bonchev–Trinajstić information content (AvgIpc) is 2.30. The van der Waals surface area contributed by atoms with E-state index in [0.29, 0.717) is 25.9 Å². The van der Waals surface area contributed by atoms with Crippen LogP contribution < -0.4 is 5.32 Å². The molecule has 0 saturated carbocycles. The number of esters is 1. The van der Waals surface area contributed by atoms with Gasteiger partial charge >= 0.3 is 5.97 Å². The Hall–Kier alpha value is -1.32. The third-order valence-corrected chi connectivity index (χ3v) is 2.69. The van der Waals surface area contributed by atoms with Gasteiger partial charge in [-0.25, -0.2) is 0 Å². The Kier molecular flexibility index (Phi) is 5.02. The van der Waals surface area contributed by atoms with Gasteiger partial charge in [0.15, 0.2) is 0 Å². The highest BCUT2D eigenvalue weighted by Crippen LogP contribution is 2.20. The van der Waals surface area contributed by atoms with Crippen molar-refractivity contribution in [3.63, 3.8) is 0 Å². The fourth-order valence-corrected chi connectivity index (χ4v) is 1.79. The number of hydrogen-bond acceptors (Lipinski definition) is 3. The van der Waals surface area contributed by atoms with Gasteiger partial charge in [0.1, 0.15) is 0 Å². The van der Waals surface area contributed by atoms with Crippen LogP contribution in [0.4, 0.5) is 0 Å². The molecule has 1 amide bonds. The van der Waals surface area contributed by atoms with Gasteiger partial charge in [0.05, 0.1) is 12.5 Å². The Labute approximate surface area is 97.5 Å². The van der Waals surface area contributed by atoms with Crippen molar-refractivity contribution in [3.05, 3.63) is 12.2 Å². The average molecular weight is 227 g/mol. The van der Waals surface area contributed by atoms with E-state index < -0.39 is 0 Å². The summed E-state index contributed by atoms with van der Waals surface area (Å²) in [5, 5.41) is 2.87. The van der Waals surface area contributed by atoms with Gasteiger partial charge in [-0.3, -0.25) is 9.59 Å². The molecular weight excluding hydrogens is 206 g/mol. The van der Waals surface area contributed by atoms with Crippen LogP contribution >= 0.6 is 0 Å². The normalized spacial score (nSPS) is 23.9. The van der Waals surface area contributed by atoms with Crippen molar-refractivity contribution in [1.82, 2.24) is 5.32 Å². The maximum atomic E-state index is 11.7. The maximum Gasteiger partial charge on any atom is 0.311 e. The Morgan fingerprint density at radius 2 is 2.06 bits per heavy atom. The summed E-state index contributed by atoms with van der Waals surface area (Å²) in [7, 11) is 0. The van der Waals surface area contributed by atoms with Crippen LogP contribution in [0.25, 0.3) is 0 Å². The molecule has 0 aromatic heterocycles. The first-order chi connectivity index (χ1) is 7.69. The quantitative estimate of drug-likeness (QED) is 0.587. The predicted octanol–water partition coefficient (Wildman–Crippen LogP) is 1.66. The summed E-state index contributed by atoms with van der Waals surface area (Å²) in [6.07, 6.45) is 5.75. The lowest BCUT2D eigenvalue weighted by Gasteiger charge is -2.27. The molecule has 4 nitrogen and oxygen atoms in total. The van der Waals surface area contributed by atoms with E-state index in [1.54, 1.807) is 13.8 Å². The van der Waals surface area contributed by atoms with Crippen molar-refractivity contribution in [2.75, 3.05) is 6.61 Å². The van der Waals surface area contributed by atoms with Crippen molar-refractivity contribution in [1.29, 1.82) is 0 Å². The van der Waals surface area contributed by atoms with Gasteiger partial charge in [-0.05, 0) is 19.8 Å². The molecular formula is C12H21NO3. The molecule has 0 aromatic rings. The van der Waals surface area contributed by atoms with Gasteiger partial charge in [0, 0.05) is 13.9 Å². The highest BCUT2D eigenvalue weighted by atomic mass is 16.5. The second-order valence-corrected chi connectivity index (χ2v) is 3.83. The molecule has 1 N–H and O–H groups in total. The highest BCUT2D eigenvalue weighted by Gasteiger charge is 2.30. The topological polar surface area (TPSA) is 55.4 Å². The minimum atomic E-state index is -0.236. The second kappa shape index (κ2) is 6.30. The fourth-order valence-electron chi connectivity index (χ4n) is 1.79. The van der Waals surface area contributed by atoms with Crippen LogP contribution in [-0.4, -0.2) is 24.5 Å². The monoisotopic (exact) mass is 227 g/mol. The van der Waals surface area contributed by atoms with Crippen molar-refractivity contribution < 1.29 is 15.8 Å². The lowest BCUT2D eigenvalue weighted by atomic mass is 9.89. The summed E-state index contributed by atoms with van der Waals surface area (Å²) in [5.74, 6) is -0.469. The third kappa shape index (κ3) is 3.36. The standard InChI is InChI=1S/C12H19NO3.H2/c1-3-11(14)13-10-8-6-5-7-9(10)12(15)16-4-2;/h5-6,9-10H,3-4,7-8H2,1-2H3,(H,13,14);1H. The van der Waals surface area contributed by atoms with E-state index in [4.69, 9.17) is 4.74 Å². The molecule has 1 aliphatic carbocycles. The number of ether oxygens (including phenoxy) is 1. The molecule has 0 radical (unpaired) electrons. The molecule has 1 aliphatic rings. The van der Waals surface area contributed by atoms with E-state index in [0.717, 1.165) is 0 Å². The first kappa shape index (κ1) is 12.7. The SMILES string of the molecule is CCOC(=O)C1CC=CCC1NC(=O)CC.[HH]. The summed E-state index contributed by atoms with van der Waals surface area (Å²) in [6.45, 7) is 3.97. The molecule has 2 unspecified atom stereocenters. The molecule has 16 heavy (non-hydrogen) atoms. The number of rotatable bonds is 4. The zero-order valence-electron chi connectivity index (χ0n) is 9.86. The fraction of sp³-hybridized carbons (Fsp3) is 0.667. The number of amides is 1.